The van der Waals surface area contributed by atoms with E-state index in [1.807, 2.05) is 0 Å². The van der Waals surface area contributed by atoms with Gasteiger partial charge in [0.25, 0.3) is 0 Å². The summed E-state index contributed by atoms with van der Waals surface area (Å²) in [5, 5.41) is 1.46. The predicted molar refractivity (Wildman–Crippen MR) is 90.0 cm³/mol. The van der Waals surface area contributed by atoms with E-state index in [1.54, 1.807) is 5.56 Å². The molecule has 4 heterocycles. The molecule has 3 aliphatic heterocycles. The smallest absolute Gasteiger partial charge is 0.0628 e. The highest BCUT2D eigenvalue weighted by Gasteiger charge is 2.41. The molecule has 0 amide bonds. The van der Waals surface area contributed by atoms with E-state index in [1.165, 1.54) is 73.9 Å². The van der Waals surface area contributed by atoms with Crippen LogP contribution in [-0.4, -0.2) is 40.6 Å². The lowest BCUT2D eigenvalue weighted by molar-refractivity contribution is -0.0599. The first kappa shape index (κ1) is 13.1. The second-order valence-corrected chi connectivity index (χ2v) is 7.37. The molecule has 2 fully saturated rings. The molecule has 0 spiro atoms. The van der Waals surface area contributed by atoms with Crippen LogP contribution < -0.4 is 0 Å². The summed E-state index contributed by atoms with van der Waals surface area (Å²) in [4.78, 5) is 9.32. The van der Waals surface area contributed by atoms with E-state index in [9.17, 15) is 0 Å². The van der Waals surface area contributed by atoms with Crippen LogP contribution in [0.5, 0.6) is 0 Å². The fraction of sp³-hybridized carbons (Fsp3) is 0.579. The summed E-state index contributed by atoms with van der Waals surface area (Å²) >= 11 is 0. The normalized spacial score (nSPS) is 29.1. The lowest BCUT2D eigenvalue weighted by Crippen LogP contribution is -2.58. The number of fused-ring (bicyclic) bond motifs is 7. The zero-order valence-corrected chi connectivity index (χ0v) is 13.4. The molecule has 5 rings (SSSR count). The predicted octanol–water partition coefficient (Wildman–Crippen LogP) is 3.59. The Kier molecular flexibility index (Phi) is 2.89. The number of aromatic nitrogens is 1. The molecule has 1 aromatic heterocycles. The third-order valence-corrected chi connectivity index (χ3v) is 6.10. The van der Waals surface area contributed by atoms with Crippen LogP contribution in [0.3, 0.4) is 0 Å². The molecular weight excluding hydrogens is 270 g/mol. The molecule has 0 aliphatic carbocycles. The van der Waals surface area contributed by atoms with Crippen LogP contribution in [0.25, 0.3) is 10.9 Å². The van der Waals surface area contributed by atoms with Gasteiger partial charge in [0.05, 0.1) is 12.2 Å². The van der Waals surface area contributed by atoms with Gasteiger partial charge in [-0.3, -0.25) is 9.80 Å². The Bertz CT molecular complexity index is 717. The van der Waals surface area contributed by atoms with E-state index in [2.05, 4.69) is 39.9 Å². The quantitative estimate of drug-likeness (QED) is 0.802. The van der Waals surface area contributed by atoms with Crippen molar-refractivity contribution in [1.82, 2.24) is 14.8 Å². The van der Waals surface area contributed by atoms with E-state index in [-0.39, 0.29) is 0 Å². The molecule has 0 radical (unpaired) electrons. The van der Waals surface area contributed by atoms with E-state index in [0.29, 0.717) is 12.2 Å². The molecule has 0 unspecified atom stereocenters. The fourth-order valence-electron chi connectivity index (χ4n) is 5.07. The number of hydrogen-bond acceptors (Lipinski definition) is 2. The van der Waals surface area contributed by atoms with Crippen LogP contribution in [0.1, 0.15) is 48.5 Å². The first-order valence-electron chi connectivity index (χ1n) is 8.92. The Balaban J connectivity index is 1.58. The lowest BCUT2D eigenvalue weighted by atomic mass is 9.90. The molecule has 0 saturated carbocycles. The van der Waals surface area contributed by atoms with Crippen LogP contribution in [-0.2, 0) is 6.42 Å². The van der Waals surface area contributed by atoms with Crippen LogP contribution in [0.4, 0.5) is 0 Å². The second-order valence-electron chi connectivity index (χ2n) is 7.37. The van der Waals surface area contributed by atoms with Crippen molar-refractivity contribution < 1.29 is 0 Å². The molecule has 3 aliphatic rings. The summed E-state index contributed by atoms with van der Waals surface area (Å²) < 4.78 is 0. The number of benzene rings is 1. The number of hydrogen-bond donors (Lipinski definition) is 1. The van der Waals surface area contributed by atoms with Crippen LogP contribution >= 0.6 is 0 Å². The Hall–Kier alpha value is -1.32. The Morgan fingerprint density at radius 2 is 2.05 bits per heavy atom. The summed E-state index contributed by atoms with van der Waals surface area (Å²) in [5.41, 5.74) is 5.82. The monoisotopic (exact) mass is 295 g/mol. The molecule has 22 heavy (non-hydrogen) atoms. The Labute approximate surface area is 132 Å². The van der Waals surface area contributed by atoms with E-state index in [0.717, 1.165) is 0 Å². The lowest BCUT2D eigenvalue weighted by Gasteiger charge is -2.52. The maximum atomic E-state index is 3.79. The number of rotatable bonds is 0. The van der Waals surface area contributed by atoms with Gasteiger partial charge in [0.15, 0.2) is 0 Å². The molecule has 3 heteroatoms. The van der Waals surface area contributed by atoms with Crippen molar-refractivity contribution in [3.05, 3.63) is 35.0 Å². The van der Waals surface area contributed by atoms with Crippen molar-refractivity contribution in [3.8, 4) is 0 Å². The second kappa shape index (κ2) is 4.84. The van der Waals surface area contributed by atoms with E-state index < -0.39 is 0 Å². The maximum Gasteiger partial charge on any atom is 0.0628 e. The van der Waals surface area contributed by atoms with Crippen molar-refractivity contribution in [1.29, 1.82) is 0 Å². The zero-order chi connectivity index (χ0) is 14.7. The fourth-order valence-corrected chi connectivity index (χ4v) is 5.07. The molecule has 2 saturated heterocycles. The number of aryl methyl sites for hydroxylation is 1. The number of nitrogens with zero attached hydrogens (tertiary/aromatic N) is 2. The van der Waals surface area contributed by atoms with Crippen molar-refractivity contribution >= 4 is 10.9 Å². The summed E-state index contributed by atoms with van der Waals surface area (Å²) in [6.45, 7) is 6.01. The summed E-state index contributed by atoms with van der Waals surface area (Å²) in [7, 11) is 0. The first-order valence-corrected chi connectivity index (χ1v) is 8.92. The average molecular weight is 295 g/mol. The van der Waals surface area contributed by atoms with Gasteiger partial charge >= 0.3 is 0 Å². The first-order chi connectivity index (χ1) is 10.8. The van der Waals surface area contributed by atoms with Gasteiger partial charge in [0, 0.05) is 29.7 Å². The molecule has 1 aromatic carbocycles. The average Bonchev–Trinajstić information content (AvgIpc) is 2.92. The van der Waals surface area contributed by atoms with Gasteiger partial charge < -0.3 is 4.98 Å². The highest BCUT2D eigenvalue weighted by molar-refractivity contribution is 5.85. The minimum atomic E-state index is 0.621. The van der Waals surface area contributed by atoms with Gasteiger partial charge in [-0.15, -0.1) is 0 Å². The molecule has 2 atom stereocenters. The minimum Gasteiger partial charge on any atom is -0.357 e. The third kappa shape index (κ3) is 1.82. The summed E-state index contributed by atoms with van der Waals surface area (Å²) in [6.07, 6.45) is 7.36. The van der Waals surface area contributed by atoms with Gasteiger partial charge in [-0.05, 0) is 62.8 Å². The molecule has 2 aromatic rings. The summed E-state index contributed by atoms with van der Waals surface area (Å²) in [6, 6.07) is 7.52. The number of H-pyrrole nitrogens is 1. The van der Waals surface area contributed by atoms with Crippen molar-refractivity contribution in [3.63, 3.8) is 0 Å². The topological polar surface area (TPSA) is 22.3 Å². The molecule has 0 bridgehead atoms. The van der Waals surface area contributed by atoms with Gasteiger partial charge in [0.2, 0.25) is 0 Å². The summed E-state index contributed by atoms with van der Waals surface area (Å²) in [5.74, 6) is 0. The van der Waals surface area contributed by atoms with E-state index in [4.69, 9.17) is 0 Å². The van der Waals surface area contributed by atoms with Gasteiger partial charge in [-0.25, -0.2) is 0 Å². The van der Waals surface area contributed by atoms with Gasteiger partial charge in [-0.2, -0.15) is 0 Å². The zero-order valence-electron chi connectivity index (χ0n) is 13.4. The van der Waals surface area contributed by atoms with Crippen LogP contribution in [0, 0.1) is 6.92 Å². The van der Waals surface area contributed by atoms with Crippen molar-refractivity contribution in [2.24, 2.45) is 0 Å². The van der Waals surface area contributed by atoms with Crippen molar-refractivity contribution in [2.45, 2.75) is 51.2 Å². The van der Waals surface area contributed by atoms with Crippen LogP contribution in [0.2, 0.25) is 0 Å². The highest BCUT2D eigenvalue weighted by Crippen LogP contribution is 2.42. The molecule has 116 valence electrons. The number of piperidine rings is 1. The standard InChI is InChI=1S/C19H25N3/c1-13-5-6-14-15-7-11-22-17(19(15)20-16(14)12-13)8-10-21-9-3-2-4-18(21)22/h5-6,12,17-18,20H,2-4,7-11H2,1H3/t17-,18-/m1/s1. The van der Waals surface area contributed by atoms with Crippen LogP contribution in [0.15, 0.2) is 18.2 Å². The maximum absolute atomic E-state index is 3.79. The van der Waals surface area contributed by atoms with E-state index >= 15 is 0 Å². The molecular formula is C19H25N3. The highest BCUT2D eigenvalue weighted by atomic mass is 15.4. The largest absolute Gasteiger partial charge is 0.357 e. The molecule has 3 nitrogen and oxygen atoms in total. The molecule has 1 N–H and O–H groups in total. The Morgan fingerprint density at radius 1 is 1.09 bits per heavy atom. The Morgan fingerprint density at radius 3 is 3.00 bits per heavy atom. The number of aromatic amines is 1. The minimum absolute atomic E-state index is 0.621. The third-order valence-electron chi connectivity index (χ3n) is 6.10. The number of nitrogens with one attached hydrogen (secondary N) is 1. The van der Waals surface area contributed by atoms with Crippen molar-refractivity contribution in [2.75, 3.05) is 19.6 Å². The van der Waals surface area contributed by atoms with Gasteiger partial charge in [0.1, 0.15) is 0 Å². The van der Waals surface area contributed by atoms with Gasteiger partial charge in [-0.1, -0.05) is 12.1 Å². The SMILES string of the molecule is Cc1ccc2c3c([nH]c2c1)[C@H]1CCN2CCCC[C@H]2N1CC3.